The van der Waals surface area contributed by atoms with Gasteiger partial charge in [-0.25, -0.2) is 0 Å². The van der Waals surface area contributed by atoms with E-state index in [1.807, 2.05) is 13.8 Å². The third-order valence-corrected chi connectivity index (χ3v) is 4.00. The van der Waals surface area contributed by atoms with Gasteiger partial charge in [-0.05, 0) is 23.5 Å². The summed E-state index contributed by atoms with van der Waals surface area (Å²) in [5.74, 6) is -3.07. The summed E-state index contributed by atoms with van der Waals surface area (Å²) >= 11 is 2.56. The van der Waals surface area contributed by atoms with E-state index >= 15 is 0 Å². The van der Waals surface area contributed by atoms with Crippen molar-refractivity contribution in [2.75, 3.05) is 0 Å². The van der Waals surface area contributed by atoms with Gasteiger partial charge in [-0.3, -0.25) is 0 Å². The molecule has 120 valence electrons. The average Bonchev–Trinajstić information content (AvgIpc) is 2.24. The van der Waals surface area contributed by atoms with Crippen molar-refractivity contribution in [1.82, 2.24) is 0 Å². The summed E-state index contributed by atoms with van der Waals surface area (Å²) in [5.41, 5.74) is 0.839. The van der Waals surface area contributed by atoms with E-state index in [2.05, 4.69) is 15.9 Å². The molecule has 1 unspecified atom stereocenters. The SMILES string of the molecule is CC(C)Cc1ccc(C(Br)C(C(F)(F)F)C(F)(F)F)cc1. The van der Waals surface area contributed by atoms with E-state index in [1.54, 1.807) is 12.1 Å². The molecule has 1 rings (SSSR count). The van der Waals surface area contributed by atoms with E-state index in [0.717, 1.165) is 12.0 Å². The Labute approximate surface area is 127 Å². The Balaban J connectivity index is 3.02. The highest BCUT2D eigenvalue weighted by molar-refractivity contribution is 9.09. The van der Waals surface area contributed by atoms with Gasteiger partial charge in [0.1, 0.15) is 0 Å². The Bertz CT molecular complexity index is 432. The molecule has 0 nitrogen and oxygen atoms in total. The zero-order valence-electron chi connectivity index (χ0n) is 11.4. The molecule has 0 bridgehead atoms. The molecule has 0 saturated heterocycles. The minimum absolute atomic E-state index is 0.0397. The molecule has 0 saturated carbocycles. The van der Waals surface area contributed by atoms with E-state index in [4.69, 9.17) is 0 Å². The molecule has 0 amide bonds. The van der Waals surface area contributed by atoms with Crippen LogP contribution in [0.15, 0.2) is 24.3 Å². The van der Waals surface area contributed by atoms with Crippen molar-refractivity contribution in [1.29, 1.82) is 0 Å². The molecule has 7 heteroatoms. The van der Waals surface area contributed by atoms with Gasteiger partial charge in [0.15, 0.2) is 5.92 Å². The molecule has 1 atom stereocenters. The van der Waals surface area contributed by atoms with Gasteiger partial charge in [0.05, 0.1) is 4.83 Å². The van der Waals surface area contributed by atoms with E-state index in [9.17, 15) is 26.3 Å². The summed E-state index contributed by atoms with van der Waals surface area (Å²) in [6.45, 7) is 3.95. The normalized spacial score (nSPS) is 14.8. The fourth-order valence-electron chi connectivity index (χ4n) is 2.02. The number of halogens is 7. The van der Waals surface area contributed by atoms with Crippen LogP contribution in [0.25, 0.3) is 0 Å². The Hall–Kier alpha value is -0.720. The van der Waals surface area contributed by atoms with Gasteiger partial charge in [-0.1, -0.05) is 54.0 Å². The lowest BCUT2D eigenvalue weighted by atomic mass is 9.95. The average molecular weight is 377 g/mol. The largest absolute Gasteiger partial charge is 0.401 e. The van der Waals surface area contributed by atoms with Crippen molar-refractivity contribution >= 4 is 15.9 Å². The molecule has 0 spiro atoms. The first-order valence-electron chi connectivity index (χ1n) is 6.29. The zero-order valence-corrected chi connectivity index (χ0v) is 13.0. The Kier molecular flexibility index (Phi) is 5.75. The predicted octanol–water partition coefficient (Wildman–Crippen LogP) is 6.06. The second-order valence-corrected chi connectivity index (χ2v) is 6.29. The highest BCUT2D eigenvalue weighted by Gasteiger charge is 2.59. The Morgan fingerprint density at radius 3 is 1.67 bits per heavy atom. The van der Waals surface area contributed by atoms with Crippen molar-refractivity contribution in [3.8, 4) is 0 Å². The molecular formula is C14H15BrF6. The molecule has 21 heavy (non-hydrogen) atoms. The van der Waals surface area contributed by atoms with Crippen LogP contribution in [0.5, 0.6) is 0 Å². The van der Waals surface area contributed by atoms with Crippen LogP contribution in [0.2, 0.25) is 0 Å². The lowest BCUT2D eigenvalue weighted by Crippen LogP contribution is -2.39. The van der Waals surface area contributed by atoms with Gasteiger partial charge in [0, 0.05) is 0 Å². The van der Waals surface area contributed by atoms with Gasteiger partial charge in [0.25, 0.3) is 0 Å². The summed E-state index contributed by atoms with van der Waals surface area (Å²) in [5, 5.41) is 0. The molecule has 1 aromatic rings. The van der Waals surface area contributed by atoms with Crippen molar-refractivity contribution < 1.29 is 26.3 Å². The first kappa shape index (κ1) is 18.3. The number of hydrogen-bond acceptors (Lipinski definition) is 0. The fourth-order valence-corrected chi connectivity index (χ4v) is 2.92. The smallest absolute Gasteiger partial charge is 0.170 e. The highest BCUT2D eigenvalue weighted by Crippen LogP contribution is 2.49. The summed E-state index contributed by atoms with van der Waals surface area (Å²) in [6, 6.07) is 5.74. The first-order valence-corrected chi connectivity index (χ1v) is 7.21. The van der Waals surface area contributed by atoms with Crippen LogP contribution >= 0.6 is 15.9 Å². The number of alkyl halides is 7. The third-order valence-electron chi connectivity index (χ3n) is 2.94. The molecule has 0 aliphatic heterocycles. The van der Waals surface area contributed by atoms with Crippen LogP contribution in [-0.2, 0) is 6.42 Å². The fraction of sp³-hybridized carbons (Fsp3) is 0.571. The summed E-state index contributed by atoms with van der Waals surface area (Å²) < 4.78 is 75.9. The highest BCUT2D eigenvalue weighted by atomic mass is 79.9. The van der Waals surface area contributed by atoms with Crippen molar-refractivity contribution in [2.45, 2.75) is 37.4 Å². The molecule has 0 aliphatic rings. The topological polar surface area (TPSA) is 0 Å². The summed E-state index contributed by atoms with van der Waals surface area (Å²) in [4.78, 5) is -1.86. The van der Waals surface area contributed by atoms with Gasteiger partial charge < -0.3 is 0 Å². The molecule has 0 N–H and O–H groups in total. The number of hydrogen-bond donors (Lipinski definition) is 0. The standard InChI is InChI=1S/C14H15BrF6/c1-8(2)7-9-3-5-10(6-4-9)11(15)12(13(16,17)18)14(19,20)21/h3-6,8,11-12H,7H2,1-2H3. The quantitative estimate of drug-likeness (QED) is 0.442. The van der Waals surface area contributed by atoms with Crippen LogP contribution in [0, 0.1) is 11.8 Å². The van der Waals surface area contributed by atoms with Crippen molar-refractivity contribution in [3.63, 3.8) is 0 Å². The van der Waals surface area contributed by atoms with E-state index in [-0.39, 0.29) is 5.56 Å². The lowest BCUT2D eigenvalue weighted by Gasteiger charge is -2.27. The summed E-state index contributed by atoms with van der Waals surface area (Å²) in [6.07, 6.45) is -10.00. The zero-order chi connectivity index (χ0) is 16.4. The van der Waals surface area contributed by atoms with Crippen molar-refractivity contribution in [2.24, 2.45) is 11.8 Å². The van der Waals surface area contributed by atoms with Crippen LogP contribution in [-0.4, -0.2) is 12.4 Å². The molecule has 0 heterocycles. The van der Waals surface area contributed by atoms with Crippen LogP contribution in [0.3, 0.4) is 0 Å². The van der Waals surface area contributed by atoms with Crippen LogP contribution in [0.4, 0.5) is 26.3 Å². The van der Waals surface area contributed by atoms with Crippen LogP contribution in [0.1, 0.15) is 29.8 Å². The third kappa shape index (κ3) is 5.20. The van der Waals surface area contributed by atoms with E-state index in [1.165, 1.54) is 12.1 Å². The molecular weight excluding hydrogens is 362 g/mol. The molecule has 1 aromatic carbocycles. The molecule has 0 radical (unpaired) electrons. The second kappa shape index (κ2) is 6.58. The van der Waals surface area contributed by atoms with E-state index in [0.29, 0.717) is 5.92 Å². The van der Waals surface area contributed by atoms with Gasteiger partial charge in [-0.2, -0.15) is 26.3 Å². The molecule has 0 aliphatic carbocycles. The second-order valence-electron chi connectivity index (χ2n) is 5.30. The maximum atomic E-state index is 12.7. The molecule has 0 fully saturated rings. The minimum atomic E-state index is -5.36. The van der Waals surface area contributed by atoms with Crippen LogP contribution < -0.4 is 0 Å². The number of rotatable bonds is 4. The Morgan fingerprint density at radius 1 is 0.905 bits per heavy atom. The monoisotopic (exact) mass is 376 g/mol. The predicted molar refractivity (Wildman–Crippen MR) is 72.3 cm³/mol. The van der Waals surface area contributed by atoms with Crippen molar-refractivity contribution in [3.05, 3.63) is 35.4 Å². The first-order chi connectivity index (χ1) is 9.43. The van der Waals surface area contributed by atoms with E-state index < -0.39 is 23.1 Å². The molecule has 0 aromatic heterocycles. The number of benzene rings is 1. The summed E-state index contributed by atoms with van der Waals surface area (Å²) in [7, 11) is 0. The maximum Gasteiger partial charge on any atom is 0.401 e. The Morgan fingerprint density at radius 2 is 1.33 bits per heavy atom. The van der Waals surface area contributed by atoms with Gasteiger partial charge in [-0.15, -0.1) is 0 Å². The van der Waals surface area contributed by atoms with Gasteiger partial charge in [0.2, 0.25) is 0 Å². The minimum Gasteiger partial charge on any atom is -0.170 e. The van der Waals surface area contributed by atoms with Gasteiger partial charge >= 0.3 is 12.4 Å². The lowest BCUT2D eigenvalue weighted by molar-refractivity contribution is -0.283. The maximum absolute atomic E-state index is 12.7.